The molecule has 4 rings (SSSR count). The molecule has 0 amide bonds. The minimum absolute atomic E-state index is 0.0770. The normalized spacial score (nSPS) is 11.4. The molecule has 0 unspecified atom stereocenters. The molecule has 0 aliphatic carbocycles. The Balaban J connectivity index is 1.62. The van der Waals surface area contributed by atoms with Gasteiger partial charge in [0.1, 0.15) is 10.7 Å². The summed E-state index contributed by atoms with van der Waals surface area (Å²) in [6.45, 7) is 6.78. The summed E-state index contributed by atoms with van der Waals surface area (Å²) < 4.78 is 2.05. The molecule has 0 aliphatic heterocycles. The van der Waals surface area contributed by atoms with Crippen LogP contribution in [0.5, 0.6) is 0 Å². The molecular formula is C18H18N6OS2. The van der Waals surface area contributed by atoms with Crippen molar-refractivity contribution >= 4 is 33.3 Å². The van der Waals surface area contributed by atoms with Crippen LogP contribution in [0, 0.1) is 13.8 Å². The highest BCUT2D eigenvalue weighted by Gasteiger charge is 2.15. The van der Waals surface area contributed by atoms with E-state index in [2.05, 4.69) is 36.6 Å². The third kappa shape index (κ3) is 3.28. The molecule has 0 spiro atoms. The summed E-state index contributed by atoms with van der Waals surface area (Å²) in [6, 6.07) is 3.83. The van der Waals surface area contributed by atoms with Gasteiger partial charge in [-0.25, -0.2) is 4.98 Å². The Morgan fingerprint density at radius 1 is 1.22 bits per heavy atom. The first kappa shape index (κ1) is 17.9. The second-order valence-electron chi connectivity index (χ2n) is 6.05. The quantitative estimate of drug-likeness (QED) is 0.517. The second-order valence-corrected chi connectivity index (χ2v) is 8.20. The number of nitrogens with zero attached hydrogens (tertiary/aromatic N) is 5. The first-order valence-corrected chi connectivity index (χ1v) is 10.3. The monoisotopic (exact) mass is 398 g/mol. The van der Waals surface area contributed by atoms with Crippen molar-refractivity contribution < 1.29 is 0 Å². The third-order valence-corrected chi connectivity index (χ3v) is 6.48. The van der Waals surface area contributed by atoms with Gasteiger partial charge in [-0.05, 0) is 38.5 Å². The lowest BCUT2D eigenvalue weighted by Crippen LogP contribution is -2.11. The van der Waals surface area contributed by atoms with Crippen molar-refractivity contribution in [1.82, 2.24) is 29.7 Å². The van der Waals surface area contributed by atoms with Crippen LogP contribution in [0.25, 0.3) is 21.6 Å². The van der Waals surface area contributed by atoms with E-state index in [0.29, 0.717) is 17.0 Å². The van der Waals surface area contributed by atoms with Crippen LogP contribution >= 0.6 is 23.1 Å². The molecule has 0 aromatic carbocycles. The van der Waals surface area contributed by atoms with Crippen LogP contribution in [-0.4, -0.2) is 29.7 Å². The van der Waals surface area contributed by atoms with Gasteiger partial charge in [0.05, 0.1) is 11.1 Å². The Morgan fingerprint density at radius 3 is 2.74 bits per heavy atom. The zero-order valence-electron chi connectivity index (χ0n) is 15.2. The van der Waals surface area contributed by atoms with E-state index in [4.69, 9.17) is 0 Å². The van der Waals surface area contributed by atoms with Crippen molar-refractivity contribution in [3.05, 3.63) is 51.1 Å². The maximum Gasteiger partial charge on any atom is 0.259 e. The van der Waals surface area contributed by atoms with Crippen LogP contribution in [0.2, 0.25) is 0 Å². The minimum Gasteiger partial charge on any atom is -0.309 e. The molecule has 27 heavy (non-hydrogen) atoms. The number of pyridine rings is 1. The molecule has 0 saturated heterocycles. The molecule has 0 saturated carbocycles. The summed E-state index contributed by atoms with van der Waals surface area (Å²) in [7, 11) is 0. The highest BCUT2D eigenvalue weighted by atomic mass is 32.2. The largest absolute Gasteiger partial charge is 0.309 e. The maximum absolute atomic E-state index is 12.4. The van der Waals surface area contributed by atoms with Crippen molar-refractivity contribution in [2.24, 2.45) is 0 Å². The number of aryl methyl sites for hydroxylation is 2. The molecule has 4 heterocycles. The topological polar surface area (TPSA) is 89.4 Å². The SMILES string of the molecule is CCn1c(SCc2nc3sc(C)c(C)c3c(=O)[nH]2)nnc1-c1ccncc1. The molecule has 0 aliphatic rings. The fourth-order valence-electron chi connectivity index (χ4n) is 2.90. The predicted molar refractivity (Wildman–Crippen MR) is 108 cm³/mol. The number of thioether (sulfide) groups is 1. The van der Waals surface area contributed by atoms with E-state index in [1.54, 1.807) is 23.7 Å². The van der Waals surface area contributed by atoms with E-state index in [1.165, 1.54) is 11.8 Å². The van der Waals surface area contributed by atoms with E-state index >= 15 is 0 Å². The molecule has 0 atom stereocenters. The Kier molecular flexibility index (Phi) is 4.79. The van der Waals surface area contributed by atoms with Crippen LogP contribution in [0.3, 0.4) is 0 Å². The standard InChI is InChI=1S/C18H18N6OS2/c1-4-24-15(12-5-7-19-8-6-12)22-23-18(24)26-9-13-20-16(25)14-10(2)11(3)27-17(14)21-13/h5-8H,4,9H2,1-3H3,(H,20,21,25). The van der Waals surface area contributed by atoms with Gasteiger partial charge in [-0.3, -0.25) is 9.78 Å². The number of aromatic amines is 1. The number of hydrogen-bond acceptors (Lipinski definition) is 7. The lowest BCUT2D eigenvalue weighted by Gasteiger charge is -2.07. The number of hydrogen-bond donors (Lipinski definition) is 1. The van der Waals surface area contributed by atoms with Crippen LogP contribution in [0.1, 0.15) is 23.2 Å². The number of aromatic nitrogens is 6. The smallest absolute Gasteiger partial charge is 0.259 e. The van der Waals surface area contributed by atoms with Gasteiger partial charge < -0.3 is 9.55 Å². The lowest BCUT2D eigenvalue weighted by molar-refractivity contribution is 0.687. The van der Waals surface area contributed by atoms with Crippen LogP contribution < -0.4 is 5.56 Å². The van der Waals surface area contributed by atoms with E-state index in [9.17, 15) is 4.79 Å². The molecule has 7 nitrogen and oxygen atoms in total. The predicted octanol–water partition coefficient (Wildman–Crippen LogP) is 3.57. The Bertz CT molecular complexity index is 1160. The summed E-state index contributed by atoms with van der Waals surface area (Å²) in [6.07, 6.45) is 3.48. The number of H-pyrrole nitrogens is 1. The molecule has 0 radical (unpaired) electrons. The zero-order chi connectivity index (χ0) is 19.0. The molecular weight excluding hydrogens is 380 g/mol. The van der Waals surface area contributed by atoms with Gasteiger partial charge in [0, 0.05) is 29.4 Å². The average molecular weight is 399 g/mol. The van der Waals surface area contributed by atoms with Crippen molar-refractivity contribution in [1.29, 1.82) is 0 Å². The Labute approximate surface area is 163 Å². The van der Waals surface area contributed by atoms with Crippen LogP contribution in [0.4, 0.5) is 0 Å². The van der Waals surface area contributed by atoms with E-state index in [1.807, 2.05) is 26.0 Å². The number of rotatable bonds is 5. The van der Waals surface area contributed by atoms with Gasteiger partial charge in [0.2, 0.25) is 0 Å². The van der Waals surface area contributed by atoms with Gasteiger partial charge in [0.25, 0.3) is 5.56 Å². The van der Waals surface area contributed by atoms with Crippen LogP contribution in [-0.2, 0) is 12.3 Å². The molecule has 9 heteroatoms. The maximum atomic E-state index is 12.4. The first-order chi connectivity index (χ1) is 13.1. The summed E-state index contributed by atoms with van der Waals surface area (Å²) in [5.74, 6) is 1.98. The third-order valence-electron chi connectivity index (χ3n) is 4.40. The van der Waals surface area contributed by atoms with Gasteiger partial charge in [-0.2, -0.15) is 0 Å². The van der Waals surface area contributed by atoms with Crippen molar-refractivity contribution in [2.45, 2.75) is 38.2 Å². The van der Waals surface area contributed by atoms with Gasteiger partial charge in [0.15, 0.2) is 11.0 Å². The Morgan fingerprint density at radius 2 is 2.00 bits per heavy atom. The second kappa shape index (κ2) is 7.24. The molecule has 138 valence electrons. The zero-order valence-corrected chi connectivity index (χ0v) is 16.8. The van der Waals surface area contributed by atoms with Gasteiger partial charge in [-0.1, -0.05) is 11.8 Å². The summed E-state index contributed by atoms with van der Waals surface area (Å²) in [5, 5.41) is 10.1. The summed E-state index contributed by atoms with van der Waals surface area (Å²) >= 11 is 3.07. The van der Waals surface area contributed by atoms with E-state index in [-0.39, 0.29) is 5.56 Å². The van der Waals surface area contributed by atoms with Gasteiger partial charge >= 0.3 is 0 Å². The number of nitrogens with one attached hydrogen (secondary N) is 1. The van der Waals surface area contributed by atoms with E-state index < -0.39 is 0 Å². The number of thiophene rings is 1. The Hall–Kier alpha value is -2.52. The molecule has 0 fully saturated rings. The fraction of sp³-hybridized carbons (Fsp3) is 0.278. The van der Waals surface area contributed by atoms with E-state index in [0.717, 1.165) is 38.4 Å². The summed E-state index contributed by atoms with van der Waals surface area (Å²) in [4.78, 5) is 25.9. The first-order valence-electron chi connectivity index (χ1n) is 8.53. The molecule has 4 aromatic rings. The van der Waals surface area contributed by atoms with Crippen LogP contribution in [0.15, 0.2) is 34.5 Å². The fourth-order valence-corrected chi connectivity index (χ4v) is 4.82. The average Bonchev–Trinajstić information content (AvgIpc) is 3.21. The molecule has 1 N–H and O–H groups in total. The van der Waals surface area contributed by atoms with Gasteiger partial charge in [-0.15, -0.1) is 21.5 Å². The highest BCUT2D eigenvalue weighted by Crippen LogP contribution is 2.28. The minimum atomic E-state index is -0.0770. The molecule has 4 aromatic heterocycles. The van der Waals surface area contributed by atoms with Crippen molar-refractivity contribution in [3.8, 4) is 11.4 Å². The van der Waals surface area contributed by atoms with Crippen molar-refractivity contribution in [2.75, 3.05) is 0 Å². The lowest BCUT2D eigenvalue weighted by atomic mass is 10.2. The highest BCUT2D eigenvalue weighted by molar-refractivity contribution is 7.98. The molecule has 0 bridgehead atoms. The summed E-state index contributed by atoms with van der Waals surface area (Å²) in [5.41, 5.74) is 1.91. The number of fused-ring (bicyclic) bond motifs is 1. The van der Waals surface area contributed by atoms with Crippen molar-refractivity contribution in [3.63, 3.8) is 0 Å².